The van der Waals surface area contributed by atoms with Gasteiger partial charge in [-0.15, -0.1) is 0 Å². The number of rotatable bonds is 7. The second-order valence-electron chi connectivity index (χ2n) is 6.47. The standard InChI is InChI=1S/C18H27N5O2/c1-15(18(24)19-6-12-25-2)22-10-8-21(9-11-22)13-16-14-23-7-4-3-5-17(23)20-16/h3-5,7,14-15H,6,8-13H2,1-2H3,(H,19,24)/t15-/m1/s1. The second kappa shape index (κ2) is 8.42. The average molecular weight is 345 g/mol. The average Bonchev–Trinajstić information content (AvgIpc) is 3.04. The van der Waals surface area contributed by atoms with Gasteiger partial charge < -0.3 is 14.5 Å². The lowest BCUT2D eigenvalue weighted by atomic mass is 10.2. The molecule has 136 valence electrons. The molecule has 0 spiro atoms. The predicted molar refractivity (Wildman–Crippen MR) is 96.4 cm³/mol. The molecule has 0 radical (unpaired) electrons. The molecule has 0 aromatic carbocycles. The molecule has 3 heterocycles. The molecule has 3 rings (SSSR count). The van der Waals surface area contributed by atoms with Crippen LogP contribution in [0.5, 0.6) is 0 Å². The number of carbonyl (C=O) groups is 1. The largest absolute Gasteiger partial charge is 0.383 e. The first-order valence-electron chi connectivity index (χ1n) is 8.83. The Morgan fingerprint density at radius 1 is 1.32 bits per heavy atom. The van der Waals surface area contributed by atoms with E-state index in [1.54, 1.807) is 7.11 Å². The van der Waals surface area contributed by atoms with Crippen molar-refractivity contribution in [3.05, 3.63) is 36.3 Å². The highest BCUT2D eigenvalue weighted by Gasteiger charge is 2.25. The minimum atomic E-state index is -0.103. The Bertz CT molecular complexity index is 661. The van der Waals surface area contributed by atoms with Crippen molar-refractivity contribution in [2.75, 3.05) is 46.4 Å². The summed E-state index contributed by atoms with van der Waals surface area (Å²) in [4.78, 5) is 21.5. The Kier molecular flexibility index (Phi) is 6.01. The van der Waals surface area contributed by atoms with Crippen LogP contribution in [0.1, 0.15) is 12.6 Å². The van der Waals surface area contributed by atoms with E-state index in [9.17, 15) is 4.79 Å². The van der Waals surface area contributed by atoms with E-state index in [1.165, 1.54) is 0 Å². The summed E-state index contributed by atoms with van der Waals surface area (Å²) in [5.41, 5.74) is 2.07. The Morgan fingerprint density at radius 3 is 2.84 bits per heavy atom. The summed E-state index contributed by atoms with van der Waals surface area (Å²) in [6.07, 6.45) is 4.11. The summed E-state index contributed by atoms with van der Waals surface area (Å²) in [7, 11) is 1.64. The minimum Gasteiger partial charge on any atom is -0.383 e. The number of carbonyl (C=O) groups excluding carboxylic acids is 1. The van der Waals surface area contributed by atoms with Gasteiger partial charge in [0, 0.05) is 58.8 Å². The third kappa shape index (κ3) is 4.56. The fourth-order valence-electron chi connectivity index (χ4n) is 3.19. The SMILES string of the molecule is COCCNC(=O)[C@@H](C)N1CCN(Cc2cn3ccccc3n2)CC1. The Labute approximate surface area is 148 Å². The molecular formula is C18H27N5O2. The van der Waals surface area contributed by atoms with Gasteiger partial charge in [0.15, 0.2) is 0 Å². The van der Waals surface area contributed by atoms with E-state index in [2.05, 4.69) is 30.7 Å². The third-order valence-corrected chi connectivity index (χ3v) is 4.74. The number of nitrogens with zero attached hydrogens (tertiary/aromatic N) is 4. The van der Waals surface area contributed by atoms with Crippen LogP contribution in [0.25, 0.3) is 5.65 Å². The lowest BCUT2D eigenvalue weighted by Gasteiger charge is -2.37. The fraction of sp³-hybridized carbons (Fsp3) is 0.556. The molecule has 25 heavy (non-hydrogen) atoms. The van der Waals surface area contributed by atoms with Gasteiger partial charge in [0.25, 0.3) is 0 Å². The molecule has 1 aliphatic rings. The monoisotopic (exact) mass is 345 g/mol. The Morgan fingerprint density at radius 2 is 2.12 bits per heavy atom. The van der Waals surface area contributed by atoms with Crippen LogP contribution in [-0.2, 0) is 16.1 Å². The quantitative estimate of drug-likeness (QED) is 0.745. The van der Waals surface area contributed by atoms with Crippen molar-refractivity contribution in [2.24, 2.45) is 0 Å². The molecular weight excluding hydrogens is 318 g/mol. The van der Waals surface area contributed by atoms with Crippen molar-refractivity contribution >= 4 is 11.6 Å². The zero-order valence-electron chi connectivity index (χ0n) is 15.0. The van der Waals surface area contributed by atoms with Crippen LogP contribution in [-0.4, -0.2) is 77.6 Å². The van der Waals surface area contributed by atoms with Crippen LogP contribution in [0.4, 0.5) is 0 Å². The molecule has 1 fully saturated rings. The van der Waals surface area contributed by atoms with Crippen molar-refractivity contribution in [3.63, 3.8) is 0 Å². The van der Waals surface area contributed by atoms with Gasteiger partial charge in [-0.2, -0.15) is 0 Å². The second-order valence-corrected chi connectivity index (χ2v) is 6.47. The molecule has 2 aromatic heterocycles. The molecule has 1 aliphatic heterocycles. The number of amides is 1. The summed E-state index contributed by atoms with van der Waals surface area (Å²) < 4.78 is 7.02. The molecule has 1 saturated heterocycles. The minimum absolute atomic E-state index is 0.0749. The van der Waals surface area contributed by atoms with Crippen molar-refractivity contribution in [1.82, 2.24) is 24.5 Å². The van der Waals surface area contributed by atoms with E-state index in [0.29, 0.717) is 13.2 Å². The molecule has 0 unspecified atom stereocenters. The number of hydrogen-bond donors (Lipinski definition) is 1. The number of aromatic nitrogens is 2. The fourth-order valence-corrected chi connectivity index (χ4v) is 3.19. The highest BCUT2D eigenvalue weighted by molar-refractivity contribution is 5.81. The third-order valence-electron chi connectivity index (χ3n) is 4.74. The normalized spacial score (nSPS) is 17.7. The lowest BCUT2D eigenvalue weighted by molar-refractivity contribution is -0.126. The summed E-state index contributed by atoms with van der Waals surface area (Å²) in [6.45, 7) is 7.62. The molecule has 2 aromatic rings. The van der Waals surface area contributed by atoms with Crippen LogP contribution in [0.15, 0.2) is 30.6 Å². The van der Waals surface area contributed by atoms with Gasteiger partial charge in [0.2, 0.25) is 5.91 Å². The Hall–Kier alpha value is -1.96. The first-order valence-corrected chi connectivity index (χ1v) is 8.83. The van der Waals surface area contributed by atoms with Gasteiger partial charge >= 0.3 is 0 Å². The number of piperazine rings is 1. The van der Waals surface area contributed by atoms with Gasteiger partial charge in [0.1, 0.15) is 5.65 Å². The number of ether oxygens (including phenoxy) is 1. The number of pyridine rings is 1. The smallest absolute Gasteiger partial charge is 0.237 e. The van der Waals surface area contributed by atoms with E-state index >= 15 is 0 Å². The molecule has 1 amide bonds. The summed E-state index contributed by atoms with van der Waals surface area (Å²) >= 11 is 0. The number of nitrogens with one attached hydrogen (secondary N) is 1. The van der Waals surface area contributed by atoms with E-state index in [0.717, 1.165) is 44.1 Å². The first kappa shape index (κ1) is 17.8. The van der Waals surface area contributed by atoms with Crippen molar-refractivity contribution < 1.29 is 9.53 Å². The van der Waals surface area contributed by atoms with E-state index < -0.39 is 0 Å². The first-order chi connectivity index (χ1) is 12.2. The van der Waals surface area contributed by atoms with Crippen LogP contribution in [0.2, 0.25) is 0 Å². The maximum Gasteiger partial charge on any atom is 0.237 e. The number of imidazole rings is 1. The number of fused-ring (bicyclic) bond motifs is 1. The maximum absolute atomic E-state index is 12.2. The topological polar surface area (TPSA) is 62.1 Å². The molecule has 0 aliphatic carbocycles. The van der Waals surface area contributed by atoms with Gasteiger partial charge in [0.05, 0.1) is 18.3 Å². The van der Waals surface area contributed by atoms with Crippen LogP contribution >= 0.6 is 0 Å². The molecule has 1 N–H and O–H groups in total. The van der Waals surface area contributed by atoms with Gasteiger partial charge in [-0.25, -0.2) is 4.98 Å². The molecule has 1 atom stereocenters. The molecule has 0 saturated carbocycles. The van der Waals surface area contributed by atoms with E-state index in [-0.39, 0.29) is 11.9 Å². The number of methoxy groups -OCH3 is 1. The predicted octanol–water partition coefficient (Wildman–Crippen LogP) is 0.603. The van der Waals surface area contributed by atoms with Crippen molar-refractivity contribution in [2.45, 2.75) is 19.5 Å². The van der Waals surface area contributed by atoms with Crippen molar-refractivity contribution in [1.29, 1.82) is 0 Å². The maximum atomic E-state index is 12.2. The van der Waals surface area contributed by atoms with Gasteiger partial charge in [-0.1, -0.05) is 6.07 Å². The highest BCUT2D eigenvalue weighted by atomic mass is 16.5. The van der Waals surface area contributed by atoms with Crippen LogP contribution in [0.3, 0.4) is 0 Å². The van der Waals surface area contributed by atoms with Crippen molar-refractivity contribution in [3.8, 4) is 0 Å². The van der Waals surface area contributed by atoms with E-state index in [1.807, 2.05) is 31.3 Å². The zero-order chi connectivity index (χ0) is 17.6. The molecule has 7 heteroatoms. The number of hydrogen-bond acceptors (Lipinski definition) is 5. The van der Waals surface area contributed by atoms with E-state index in [4.69, 9.17) is 4.74 Å². The van der Waals surface area contributed by atoms with Crippen LogP contribution in [0, 0.1) is 0 Å². The Balaban J connectivity index is 1.47. The summed E-state index contributed by atoms with van der Waals surface area (Å²) in [5, 5.41) is 2.91. The van der Waals surface area contributed by atoms with Gasteiger partial charge in [-0.05, 0) is 19.1 Å². The molecule has 7 nitrogen and oxygen atoms in total. The lowest BCUT2D eigenvalue weighted by Crippen LogP contribution is -2.53. The zero-order valence-corrected chi connectivity index (χ0v) is 15.0. The summed E-state index contributed by atoms with van der Waals surface area (Å²) in [6, 6.07) is 5.93. The summed E-state index contributed by atoms with van der Waals surface area (Å²) in [5.74, 6) is 0.0749. The van der Waals surface area contributed by atoms with Crippen LogP contribution < -0.4 is 5.32 Å². The van der Waals surface area contributed by atoms with Gasteiger partial charge in [-0.3, -0.25) is 14.6 Å². The molecule has 0 bridgehead atoms. The highest BCUT2D eigenvalue weighted by Crippen LogP contribution is 2.11.